The monoisotopic (exact) mass is 253 g/mol. The molecule has 0 radical (unpaired) electrons. The number of hydrogen-bond donors (Lipinski definition) is 1. The van der Waals surface area contributed by atoms with Crippen LogP contribution in [-0.4, -0.2) is 29.6 Å². The van der Waals surface area contributed by atoms with E-state index in [0.717, 1.165) is 5.56 Å². The minimum absolute atomic E-state index is 0.0932. The molecule has 0 aliphatic carbocycles. The molecule has 1 aliphatic heterocycles. The van der Waals surface area contributed by atoms with Crippen LogP contribution >= 0.6 is 11.6 Å². The summed E-state index contributed by atoms with van der Waals surface area (Å²) in [5.74, 6) is -0.314. The Hall–Kier alpha value is -1.55. The van der Waals surface area contributed by atoms with Gasteiger partial charge >= 0.3 is 5.97 Å². The van der Waals surface area contributed by atoms with Crippen molar-refractivity contribution in [3.63, 3.8) is 0 Å². The molecule has 1 aliphatic rings. The van der Waals surface area contributed by atoms with Crippen molar-refractivity contribution in [2.24, 2.45) is 4.99 Å². The zero-order valence-electron chi connectivity index (χ0n) is 9.10. The number of carbonyl (C=O) groups is 1. The first-order valence-corrected chi connectivity index (χ1v) is 5.72. The molecule has 5 heteroatoms. The first-order valence-electron chi connectivity index (χ1n) is 5.34. The molecule has 1 heterocycles. The molecule has 17 heavy (non-hydrogen) atoms. The topological polar surface area (TPSA) is 58.9 Å². The molecule has 0 aromatic heterocycles. The Labute approximate surface area is 104 Å². The van der Waals surface area contributed by atoms with Crippen molar-refractivity contribution in [3.05, 3.63) is 34.9 Å². The molecule has 1 N–H and O–H groups in total. The van der Waals surface area contributed by atoms with Crippen molar-refractivity contribution in [2.75, 3.05) is 6.54 Å². The van der Waals surface area contributed by atoms with Gasteiger partial charge < -0.3 is 9.84 Å². The van der Waals surface area contributed by atoms with Gasteiger partial charge in [0, 0.05) is 6.42 Å². The van der Waals surface area contributed by atoms with Crippen LogP contribution in [0.15, 0.2) is 29.3 Å². The van der Waals surface area contributed by atoms with Gasteiger partial charge in [-0.2, -0.15) is 0 Å². The van der Waals surface area contributed by atoms with Gasteiger partial charge in [0.25, 0.3) is 0 Å². The normalized spacial score (nSPS) is 18.6. The van der Waals surface area contributed by atoms with Crippen molar-refractivity contribution in [3.8, 4) is 0 Å². The van der Waals surface area contributed by atoms with Crippen molar-refractivity contribution in [1.82, 2.24) is 0 Å². The van der Waals surface area contributed by atoms with E-state index in [1.54, 1.807) is 6.07 Å². The molecule has 0 saturated carbocycles. The van der Waals surface area contributed by atoms with Crippen LogP contribution in [0.1, 0.15) is 18.4 Å². The lowest BCUT2D eigenvalue weighted by atomic mass is 10.2. The Morgan fingerprint density at radius 2 is 2.29 bits per heavy atom. The zero-order valence-corrected chi connectivity index (χ0v) is 9.85. The highest BCUT2D eigenvalue weighted by atomic mass is 35.5. The third kappa shape index (κ3) is 2.97. The van der Waals surface area contributed by atoms with Crippen LogP contribution in [0.3, 0.4) is 0 Å². The SMILES string of the molecule is O=C(O)CCC1CN=C(c2ccccc2Cl)O1. The third-order valence-corrected chi connectivity index (χ3v) is 2.83. The summed E-state index contributed by atoms with van der Waals surface area (Å²) in [6.45, 7) is 0.494. The van der Waals surface area contributed by atoms with Crippen LogP contribution in [0.2, 0.25) is 5.02 Å². The second-order valence-electron chi connectivity index (χ2n) is 3.80. The molecule has 1 unspecified atom stereocenters. The number of aliphatic imine (C=N–C) groups is 1. The van der Waals surface area contributed by atoms with Gasteiger partial charge in [0.15, 0.2) is 0 Å². The molecule has 1 aromatic carbocycles. The summed E-state index contributed by atoms with van der Waals surface area (Å²) >= 11 is 6.02. The molecule has 0 saturated heterocycles. The molecular weight excluding hydrogens is 242 g/mol. The molecule has 1 aromatic rings. The van der Waals surface area contributed by atoms with Crippen LogP contribution in [0.5, 0.6) is 0 Å². The van der Waals surface area contributed by atoms with Crippen molar-refractivity contribution in [2.45, 2.75) is 18.9 Å². The van der Waals surface area contributed by atoms with E-state index in [1.807, 2.05) is 18.2 Å². The van der Waals surface area contributed by atoms with Crippen LogP contribution in [0.25, 0.3) is 0 Å². The summed E-state index contributed by atoms with van der Waals surface area (Å²) < 4.78 is 5.58. The number of halogens is 1. The fourth-order valence-corrected chi connectivity index (χ4v) is 1.85. The molecule has 4 nitrogen and oxygen atoms in total. The van der Waals surface area contributed by atoms with Crippen LogP contribution in [-0.2, 0) is 9.53 Å². The van der Waals surface area contributed by atoms with Gasteiger partial charge in [-0.05, 0) is 18.6 Å². The summed E-state index contributed by atoms with van der Waals surface area (Å²) in [6.07, 6.45) is 0.403. The lowest BCUT2D eigenvalue weighted by Crippen LogP contribution is -2.15. The van der Waals surface area contributed by atoms with Gasteiger partial charge in [0.2, 0.25) is 5.90 Å². The molecule has 0 spiro atoms. The van der Waals surface area contributed by atoms with Crippen LogP contribution in [0, 0.1) is 0 Å². The first kappa shape index (κ1) is 11.9. The second-order valence-corrected chi connectivity index (χ2v) is 4.21. The van der Waals surface area contributed by atoms with E-state index in [2.05, 4.69) is 4.99 Å². The molecule has 0 bridgehead atoms. The maximum absolute atomic E-state index is 10.4. The Kier molecular flexibility index (Phi) is 3.64. The summed E-state index contributed by atoms with van der Waals surface area (Å²) in [4.78, 5) is 14.7. The van der Waals surface area contributed by atoms with E-state index in [1.165, 1.54) is 0 Å². The average Bonchev–Trinajstić information content (AvgIpc) is 2.75. The van der Waals surface area contributed by atoms with E-state index < -0.39 is 5.97 Å². The first-order chi connectivity index (χ1) is 8.16. The largest absolute Gasteiger partial charge is 0.481 e. The highest BCUT2D eigenvalue weighted by molar-refractivity contribution is 6.33. The minimum atomic E-state index is -0.820. The average molecular weight is 254 g/mol. The summed E-state index contributed by atoms with van der Waals surface area (Å²) in [6, 6.07) is 7.30. The van der Waals surface area contributed by atoms with E-state index in [-0.39, 0.29) is 12.5 Å². The number of ether oxygens (including phenoxy) is 1. The van der Waals surface area contributed by atoms with Crippen molar-refractivity contribution >= 4 is 23.5 Å². The highest BCUT2D eigenvalue weighted by Crippen LogP contribution is 2.21. The van der Waals surface area contributed by atoms with Crippen LogP contribution in [0.4, 0.5) is 0 Å². The third-order valence-electron chi connectivity index (χ3n) is 2.50. The maximum Gasteiger partial charge on any atom is 0.303 e. The van der Waals surface area contributed by atoms with Gasteiger partial charge in [-0.3, -0.25) is 4.79 Å². The van der Waals surface area contributed by atoms with E-state index in [4.69, 9.17) is 21.4 Å². The number of rotatable bonds is 4. The number of carboxylic acids is 1. The Morgan fingerprint density at radius 3 is 3.00 bits per heavy atom. The number of aliphatic carboxylic acids is 1. The van der Waals surface area contributed by atoms with Crippen molar-refractivity contribution in [1.29, 1.82) is 0 Å². The quantitative estimate of drug-likeness (QED) is 0.896. The fourth-order valence-electron chi connectivity index (χ4n) is 1.64. The lowest BCUT2D eigenvalue weighted by Gasteiger charge is -2.10. The zero-order chi connectivity index (χ0) is 12.3. The van der Waals surface area contributed by atoms with Gasteiger partial charge in [-0.25, -0.2) is 4.99 Å². The van der Waals surface area contributed by atoms with Gasteiger partial charge in [-0.1, -0.05) is 23.7 Å². The number of carboxylic acid groups (broad SMARTS) is 1. The molecule has 90 valence electrons. The number of nitrogens with zero attached hydrogens (tertiary/aromatic N) is 1. The predicted octanol–water partition coefficient (Wildman–Crippen LogP) is 2.35. The number of hydrogen-bond acceptors (Lipinski definition) is 3. The predicted molar refractivity (Wildman–Crippen MR) is 64.6 cm³/mol. The summed E-state index contributed by atoms with van der Waals surface area (Å²) in [7, 11) is 0. The molecule has 1 atom stereocenters. The molecule has 2 rings (SSSR count). The molecule has 0 amide bonds. The van der Waals surface area contributed by atoms with Gasteiger partial charge in [0.1, 0.15) is 6.10 Å². The summed E-state index contributed by atoms with van der Waals surface area (Å²) in [5, 5.41) is 9.17. The lowest BCUT2D eigenvalue weighted by molar-refractivity contribution is -0.137. The Balaban J connectivity index is 1.98. The highest BCUT2D eigenvalue weighted by Gasteiger charge is 2.22. The van der Waals surface area contributed by atoms with Gasteiger partial charge in [-0.15, -0.1) is 0 Å². The summed E-state index contributed by atoms with van der Waals surface area (Å²) in [5.41, 5.74) is 0.756. The Bertz CT molecular complexity index is 459. The van der Waals surface area contributed by atoms with Crippen LogP contribution < -0.4 is 0 Å². The minimum Gasteiger partial charge on any atom is -0.481 e. The number of benzene rings is 1. The Morgan fingerprint density at radius 1 is 1.53 bits per heavy atom. The van der Waals surface area contributed by atoms with Gasteiger partial charge in [0.05, 0.1) is 17.1 Å². The molecular formula is C12H12ClNO3. The smallest absolute Gasteiger partial charge is 0.303 e. The van der Waals surface area contributed by atoms with E-state index in [0.29, 0.717) is 23.9 Å². The van der Waals surface area contributed by atoms with Crippen molar-refractivity contribution < 1.29 is 14.6 Å². The standard InChI is InChI=1S/C12H12ClNO3/c13-10-4-2-1-3-9(10)12-14-7-8(17-12)5-6-11(15)16/h1-4,8H,5-7H2,(H,15,16). The second kappa shape index (κ2) is 5.19. The van der Waals surface area contributed by atoms with E-state index >= 15 is 0 Å². The molecule has 0 fully saturated rings. The van der Waals surface area contributed by atoms with E-state index in [9.17, 15) is 4.79 Å². The maximum atomic E-state index is 10.4. The fraction of sp³-hybridized carbons (Fsp3) is 0.333.